The largest absolute Gasteiger partial charge is 0.316 e. The number of rotatable bonds is 2. The van der Waals surface area contributed by atoms with E-state index >= 15 is 0 Å². The highest BCUT2D eigenvalue weighted by Crippen LogP contribution is 1.87. The SMILES string of the molecule is [CH2]CCCC.[MgH2]. The van der Waals surface area contributed by atoms with E-state index in [0.29, 0.717) is 0 Å². The fourth-order valence-electron chi connectivity index (χ4n) is 0.250. The van der Waals surface area contributed by atoms with Gasteiger partial charge in [0, 0.05) is 0 Å². The van der Waals surface area contributed by atoms with Crippen molar-refractivity contribution in [3.05, 3.63) is 6.92 Å². The van der Waals surface area contributed by atoms with Crippen molar-refractivity contribution in [3.63, 3.8) is 0 Å². The first kappa shape index (κ1) is 9.90. The third kappa shape index (κ3) is 8.84. The van der Waals surface area contributed by atoms with Crippen molar-refractivity contribution in [2.45, 2.75) is 26.2 Å². The lowest BCUT2D eigenvalue weighted by atomic mass is 10.3. The van der Waals surface area contributed by atoms with Gasteiger partial charge < -0.3 is 0 Å². The molecule has 0 fully saturated rings. The molecule has 0 atom stereocenters. The van der Waals surface area contributed by atoms with Gasteiger partial charge >= 0.3 is 23.1 Å². The first-order valence-corrected chi connectivity index (χ1v) is 2.21. The Labute approximate surface area is 56.5 Å². The second-order valence-corrected chi connectivity index (χ2v) is 1.21. The topological polar surface area (TPSA) is 0 Å². The summed E-state index contributed by atoms with van der Waals surface area (Å²) in [6.45, 7) is 5.85. The van der Waals surface area contributed by atoms with Gasteiger partial charge in [-0.2, -0.15) is 0 Å². The van der Waals surface area contributed by atoms with Crippen molar-refractivity contribution in [1.29, 1.82) is 0 Å². The molecule has 0 aromatic heterocycles. The molecule has 0 aliphatic heterocycles. The molecule has 0 saturated carbocycles. The lowest BCUT2D eigenvalue weighted by Crippen LogP contribution is -1.59. The summed E-state index contributed by atoms with van der Waals surface area (Å²) >= 11 is 0. The predicted molar refractivity (Wildman–Crippen MR) is 33.4 cm³/mol. The first-order chi connectivity index (χ1) is 2.41. The zero-order valence-electron chi connectivity index (χ0n) is 3.83. The molecule has 35 valence electrons. The van der Waals surface area contributed by atoms with Crippen LogP contribution in [0.25, 0.3) is 0 Å². The van der Waals surface area contributed by atoms with Gasteiger partial charge in [0.15, 0.2) is 0 Å². The third-order valence-electron chi connectivity index (χ3n) is 0.604. The summed E-state index contributed by atoms with van der Waals surface area (Å²) in [5, 5.41) is 0. The van der Waals surface area contributed by atoms with Gasteiger partial charge in [-0.25, -0.2) is 0 Å². The average molecular weight is 97.5 g/mol. The summed E-state index contributed by atoms with van der Waals surface area (Å²) in [5.74, 6) is 0. The zero-order chi connectivity index (χ0) is 4.12. The summed E-state index contributed by atoms with van der Waals surface area (Å²) in [6.07, 6.45) is 3.65. The summed E-state index contributed by atoms with van der Waals surface area (Å²) in [6, 6.07) is 0. The molecule has 1 heteroatoms. The molecule has 0 saturated heterocycles. The van der Waals surface area contributed by atoms with Crippen molar-refractivity contribution in [3.8, 4) is 0 Å². The van der Waals surface area contributed by atoms with Crippen LogP contribution in [0.5, 0.6) is 0 Å². The van der Waals surface area contributed by atoms with Gasteiger partial charge in [-0.3, -0.25) is 0 Å². The van der Waals surface area contributed by atoms with Crippen LogP contribution in [0.3, 0.4) is 0 Å². The molecule has 0 rings (SSSR count). The molecule has 0 nitrogen and oxygen atoms in total. The van der Waals surface area contributed by atoms with Crippen LogP contribution in [-0.2, 0) is 0 Å². The van der Waals surface area contributed by atoms with E-state index in [1.807, 2.05) is 0 Å². The minimum Gasteiger partial charge on any atom is -0.0654 e. The second-order valence-electron chi connectivity index (χ2n) is 1.21. The van der Waals surface area contributed by atoms with Crippen LogP contribution < -0.4 is 0 Å². The molecule has 0 N–H and O–H groups in total. The van der Waals surface area contributed by atoms with Crippen LogP contribution >= 0.6 is 0 Å². The molecular weight excluding hydrogens is 84.4 g/mol. The third-order valence-corrected chi connectivity index (χ3v) is 0.604. The predicted octanol–water partition coefficient (Wildman–Crippen LogP) is 1.09. The maximum Gasteiger partial charge on any atom is 0.316 e. The fourth-order valence-corrected chi connectivity index (χ4v) is 0.250. The number of hydrogen-bond donors (Lipinski definition) is 0. The molecule has 0 amide bonds. The van der Waals surface area contributed by atoms with E-state index in [2.05, 4.69) is 13.8 Å². The number of unbranched alkanes of at least 4 members (excludes halogenated alkanes) is 2. The molecule has 0 aromatic rings. The number of hydrogen-bond acceptors (Lipinski definition) is 0. The summed E-state index contributed by atoms with van der Waals surface area (Å²) in [5.41, 5.74) is 0. The smallest absolute Gasteiger partial charge is 0.0654 e. The monoisotopic (exact) mass is 97.1 g/mol. The van der Waals surface area contributed by atoms with Crippen molar-refractivity contribution in [2.24, 2.45) is 0 Å². The van der Waals surface area contributed by atoms with Crippen LogP contribution in [0.15, 0.2) is 0 Å². The van der Waals surface area contributed by atoms with Gasteiger partial charge in [0.1, 0.15) is 0 Å². The molecule has 0 spiro atoms. The summed E-state index contributed by atoms with van der Waals surface area (Å²) in [4.78, 5) is 0. The molecule has 6 heavy (non-hydrogen) atoms. The Kier molecular flexibility index (Phi) is 15.2. The van der Waals surface area contributed by atoms with E-state index in [9.17, 15) is 0 Å². The van der Waals surface area contributed by atoms with Crippen molar-refractivity contribution in [1.82, 2.24) is 0 Å². The van der Waals surface area contributed by atoms with Crippen molar-refractivity contribution in [2.75, 3.05) is 0 Å². The van der Waals surface area contributed by atoms with E-state index in [0.717, 1.165) is 6.42 Å². The molecular formula is C5H13Mg. The van der Waals surface area contributed by atoms with E-state index in [-0.39, 0.29) is 23.1 Å². The molecule has 0 bridgehead atoms. The van der Waals surface area contributed by atoms with Crippen LogP contribution in [-0.4, -0.2) is 23.1 Å². The van der Waals surface area contributed by atoms with Crippen LogP contribution in [0, 0.1) is 6.92 Å². The maximum absolute atomic E-state index is 3.68. The summed E-state index contributed by atoms with van der Waals surface area (Å²) < 4.78 is 0. The van der Waals surface area contributed by atoms with Crippen molar-refractivity contribution < 1.29 is 0 Å². The Hall–Kier alpha value is 0.766. The molecule has 0 heterocycles. The first-order valence-electron chi connectivity index (χ1n) is 2.21. The Morgan fingerprint density at radius 3 is 2.00 bits per heavy atom. The zero-order valence-corrected chi connectivity index (χ0v) is 3.83. The normalized spacial score (nSPS) is 7.00. The Balaban J connectivity index is 0. The van der Waals surface area contributed by atoms with E-state index in [1.54, 1.807) is 0 Å². The van der Waals surface area contributed by atoms with E-state index < -0.39 is 0 Å². The van der Waals surface area contributed by atoms with Gasteiger partial charge in [-0.1, -0.05) is 33.1 Å². The molecule has 0 aliphatic rings. The van der Waals surface area contributed by atoms with Gasteiger partial charge in [0.25, 0.3) is 0 Å². The lowest BCUT2D eigenvalue weighted by Gasteiger charge is -1.79. The highest BCUT2D eigenvalue weighted by molar-refractivity contribution is 5.75. The molecule has 0 unspecified atom stereocenters. The lowest BCUT2D eigenvalue weighted by molar-refractivity contribution is 0.813. The van der Waals surface area contributed by atoms with Gasteiger partial charge in [-0.15, -0.1) is 0 Å². The van der Waals surface area contributed by atoms with E-state index in [1.165, 1.54) is 12.8 Å². The van der Waals surface area contributed by atoms with Crippen LogP contribution in [0.4, 0.5) is 0 Å². The quantitative estimate of drug-likeness (QED) is 0.453. The Morgan fingerprint density at radius 2 is 2.00 bits per heavy atom. The average Bonchev–Trinajstić information content (AvgIpc) is 1.41. The molecule has 1 radical (unpaired) electrons. The van der Waals surface area contributed by atoms with Gasteiger partial charge in [0.05, 0.1) is 0 Å². The van der Waals surface area contributed by atoms with E-state index in [4.69, 9.17) is 0 Å². The molecule has 0 aliphatic carbocycles. The van der Waals surface area contributed by atoms with Crippen LogP contribution in [0.1, 0.15) is 26.2 Å². The standard InChI is InChI=1S/C5H11.Mg.2H/c1-3-5-4-2;;;/h1,3-5H2,2H3;;;. The van der Waals surface area contributed by atoms with Gasteiger partial charge in [0.2, 0.25) is 0 Å². The molecule has 0 aromatic carbocycles. The summed E-state index contributed by atoms with van der Waals surface area (Å²) in [7, 11) is 0. The maximum atomic E-state index is 3.68. The highest BCUT2D eigenvalue weighted by atomic mass is 24.3. The van der Waals surface area contributed by atoms with Crippen LogP contribution in [0.2, 0.25) is 0 Å². The second kappa shape index (κ2) is 9.23. The van der Waals surface area contributed by atoms with Crippen molar-refractivity contribution >= 4 is 23.1 Å². The Bertz CT molecular complexity index is 11.4. The fraction of sp³-hybridized carbons (Fsp3) is 0.800. The Morgan fingerprint density at radius 1 is 1.50 bits per heavy atom. The highest BCUT2D eigenvalue weighted by Gasteiger charge is 1.68. The minimum absolute atomic E-state index is 0. The van der Waals surface area contributed by atoms with Gasteiger partial charge in [-0.05, 0) is 0 Å². The minimum atomic E-state index is 0.